The Morgan fingerprint density at radius 1 is 1.32 bits per heavy atom. The first-order chi connectivity index (χ1) is 10.6. The van der Waals surface area contributed by atoms with E-state index in [1.165, 1.54) is 30.6 Å². The molecule has 0 atom stereocenters. The van der Waals surface area contributed by atoms with Gasteiger partial charge < -0.3 is 10.6 Å². The van der Waals surface area contributed by atoms with Crippen LogP contribution in [-0.2, 0) is 0 Å². The molecule has 0 aliphatic carbocycles. The van der Waals surface area contributed by atoms with E-state index < -0.39 is 11.7 Å². The lowest BCUT2D eigenvalue weighted by atomic mass is 10.3. The molecular weight excluding hydrogens is 307 g/mol. The van der Waals surface area contributed by atoms with Gasteiger partial charge in [0, 0.05) is 12.2 Å². The van der Waals surface area contributed by atoms with Gasteiger partial charge in [0.1, 0.15) is 17.3 Å². The second kappa shape index (κ2) is 7.70. The zero-order valence-electron chi connectivity index (χ0n) is 12.1. The Hall–Kier alpha value is -2.21. The first kappa shape index (κ1) is 16.2. The molecule has 0 saturated heterocycles. The molecule has 0 unspecified atom stereocenters. The van der Waals surface area contributed by atoms with Gasteiger partial charge in [-0.2, -0.15) is 0 Å². The summed E-state index contributed by atoms with van der Waals surface area (Å²) in [4.78, 5) is 20.2. The summed E-state index contributed by atoms with van der Waals surface area (Å²) in [6.45, 7) is 2.91. The Bertz CT molecular complexity index is 648. The molecule has 0 radical (unpaired) electrons. The first-order valence-electron chi connectivity index (χ1n) is 6.92. The number of hydrogen-bond acceptors (Lipinski definition) is 4. The molecule has 7 heteroatoms. The van der Waals surface area contributed by atoms with E-state index in [2.05, 4.69) is 27.5 Å². The lowest BCUT2D eigenvalue weighted by Gasteiger charge is -2.07. The largest absolute Gasteiger partial charge is 0.369 e. The average Bonchev–Trinajstić information content (AvgIpc) is 2.52. The summed E-state index contributed by atoms with van der Waals surface area (Å²) in [5.74, 6) is -0.355. The maximum Gasteiger partial charge on any atom is 0.275 e. The molecule has 0 spiro atoms. The van der Waals surface area contributed by atoms with E-state index in [4.69, 9.17) is 11.6 Å². The van der Waals surface area contributed by atoms with Crippen molar-refractivity contribution in [1.82, 2.24) is 9.97 Å². The average molecular weight is 323 g/mol. The minimum absolute atomic E-state index is 0.0562. The number of nitrogens with zero attached hydrogens (tertiary/aromatic N) is 2. The summed E-state index contributed by atoms with van der Waals surface area (Å²) < 4.78 is 13.1. The standard InChI is InChI=1S/C15H16ClFN4O/c1-2-3-6-18-14-9-19-13(8-20-14)15(22)21-10-4-5-12(17)11(16)7-10/h4-5,7-9H,2-3,6H2,1H3,(H,18,20)(H,21,22). The maximum atomic E-state index is 13.1. The Kier molecular flexibility index (Phi) is 5.66. The van der Waals surface area contributed by atoms with Crippen molar-refractivity contribution < 1.29 is 9.18 Å². The highest BCUT2D eigenvalue weighted by atomic mass is 35.5. The molecule has 1 heterocycles. The van der Waals surface area contributed by atoms with Crippen LogP contribution in [0.2, 0.25) is 5.02 Å². The number of amides is 1. The SMILES string of the molecule is CCCCNc1cnc(C(=O)Nc2ccc(F)c(Cl)c2)cn1. The Labute approximate surface area is 132 Å². The third-order valence-electron chi connectivity index (χ3n) is 2.90. The van der Waals surface area contributed by atoms with Crippen molar-refractivity contribution in [2.45, 2.75) is 19.8 Å². The van der Waals surface area contributed by atoms with Crippen molar-refractivity contribution in [2.75, 3.05) is 17.2 Å². The van der Waals surface area contributed by atoms with Crippen LogP contribution in [0.15, 0.2) is 30.6 Å². The van der Waals surface area contributed by atoms with Gasteiger partial charge in [0.2, 0.25) is 0 Å². The summed E-state index contributed by atoms with van der Waals surface area (Å²) in [6, 6.07) is 3.94. The molecule has 0 saturated carbocycles. The number of anilines is 2. The molecule has 1 aromatic heterocycles. The number of hydrogen-bond donors (Lipinski definition) is 2. The van der Waals surface area contributed by atoms with Gasteiger partial charge in [-0.3, -0.25) is 4.79 Å². The van der Waals surface area contributed by atoms with Gasteiger partial charge in [0.05, 0.1) is 17.4 Å². The van der Waals surface area contributed by atoms with E-state index >= 15 is 0 Å². The van der Waals surface area contributed by atoms with Crippen molar-refractivity contribution >= 4 is 29.0 Å². The number of aromatic nitrogens is 2. The first-order valence-corrected chi connectivity index (χ1v) is 7.30. The van der Waals surface area contributed by atoms with Gasteiger partial charge >= 0.3 is 0 Å². The number of halogens is 2. The van der Waals surface area contributed by atoms with E-state index in [-0.39, 0.29) is 10.7 Å². The van der Waals surface area contributed by atoms with Crippen LogP contribution < -0.4 is 10.6 Å². The normalized spacial score (nSPS) is 10.3. The number of carbonyl (C=O) groups is 1. The van der Waals surface area contributed by atoms with Gasteiger partial charge in [0.25, 0.3) is 5.91 Å². The van der Waals surface area contributed by atoms with Crippen molar-refractivity contribution in [3.8, 4) is 0 Å². The maximum absolute atomic E-state index is 13.1. The predicted molar refractivity (Wildman–Crippen MR) is 84.8 cm³/mol. The van der Waals surface area contributed by atoms with E-state index in [1.54, 1.807) is 0 Å². The van der Waals surface area contributed by atoms with Crippen molar-refractivity contribution in [3.05, 3.63) is 47.1 Å². The van der Waals surface area contributed by atoms with Gasteiger partial charge in [0.15, 0.2) is 0 Å². The molecule has 22 heavy (non-hydrogen) atoms. The number of unbranched alkanes of at least 4 members (excludes halogenated alkanes) is 1. The van der Waals surface area contributed by atoms with E-state index in [0.29, 0.717) is 11.5 Å². The summed E-state index contributed by atoms with van der Waals surface area (Å²) >= 11 is 5.66. The summed E-state index contributed by atoms with van der Waals surface area (Å²) in [7, 11) is 0. The summed E-state index contributed by atoms with van der Waals surface area (Å²) in [6.07, 6.45) is 5.01. The molecule has 1 amide bonds. The molecular formula is C15H16ClFN4O. The molecule has 1 aromatic carbocycles. The van der Waals surface area contributed by atoms with E-state index in [0.717, 1.165) is 19.4 Å². The third-order valence-corrected chi connectivity index (χ3v) is 3.19. The van der Waals surface area contributed by atoms with Crippen molar-refractivity contribution in [3.63, 3.8) is 0 Å². The van der Waals surface area contributed by atoms with Gasteiger partial charge in [-0.25, -0.2) is 14.4 Å². The van der Waals surface area contributed by atoms with Crippen LogP contribution in [0.3, 0.4) is 0 Å². The smallest absolute Gasteiger partial charge is 0.275 e. The van der Waals surface area contributed by atoms with Gasteiger partial charge in [-0.05, 0) is 24.6 Å². The molecule has 116 valence electrons. The van der Waals surface area contributed by atoms with E-state index in [1.807, 2.05) is 0 Å². The van der Waals surface area contributed by atoms with Crippen LogP contribution in [0, 0.1) is 5.82 Å². The highest BCUT2D eigenvalue weighted by molar-refractivity contribution is 6.31. The monoisotopic (exact) mass is 322 g/mol. The number of nitrogens with one attached hydrogen (secondary N) is 2. The predicted octanol–water partition coefficient (Wildman–Crippen LogP) is 3.73. The lowest BCUT2D eigenvalue weighted by molar-refractivity contribution is 0.102. The Balaban J connectivity index is 1.98. The minimum Gasteiger partial charge on any atom is -0.369 e. The molecule has 2 aromatic rings. The zero-order valence-corrected chi connectivity index (χ0v) is 12.8. The van der Waals surface area contributed by atoms with Crippen LogP contribution in [0.5, 0.6) is 0 Å². The van der Waals surface area contributed by atoms with Crippen LogP contribution in [-0.4, -0.2) is 22.4 Å². The quantitative estimate of drug-likeness (QED) is 0.795. The summed E-state index contributed by atoms with van der Waals surface area (Å²) in [5, 5.41) is 5.64. The molecule has 2 N–H and O–H groups in total. The van der Waals surface area contributed by atoms with Crippen molar-refractivity contribution in [2.24, 2.45) is 0 Å². The number of benzene rings is 1. The minimum atomic E-state index is -0.540. The van der Waals surface area contributed by atoms with Crippen LogP contribution in [0.25, 0.3) is 0 Å². The fourth-order valence-electron chi connectivity index (χ4n) is 1.70. The molecule has 5 nitrogen and oxygen atoms in total. The van der Waals surface area contributed by atoms with Crippen LogP contribution in [0.4, 0.5) is 15.9 Å². The van der Waals surface area contributed by atoms with E-state index in [9.17, 15) is 9.18 Å². The number of carbonyl (C=O) groups excluding carboxylic acids is 1. The Morgan fingerprint density at radius 3 is 2.77 bits per heavy atom. The fourth-order valence-corrected chi connectivity index (χ4v) is 1.88. The summed E-state index contributed by atoms with van der Waals surface area (Å²) in [5.41, 5.74) is 0.560. The third kappa shape index (κ3) is 4.39. The zero-order chi connectivity index (χ0) is 15.9. The molecule has 0 bridgehead atoms. The lowest BCUT2D eigenvalue weighted by Crippen LogP contribution is -2.14. The molecule has 0 fully saturated rings. The Morgan fingerprint density at radius 2 is 2.14 bits per heavy atom. The molecule has 2 rings (SSSR count). The van der Waals surface area contributed by atoms with Gasteiger partial charge in [-0.15, -0.1) is 0 Å². The fraction of sp³-hybridized carbons (Fsp3) is 0.267. The topological polar surface area (TPSA) is 66.9 Å². The number of rotatable bonds is 6. The molecule has 0 aliphatic rings. The second-order valence-electron chi connectivity index (χ2n) is 4.65. The highest BCUT2D eigenvalue weighted by Crippen LogP contribution is 2.19. The van der Waals surface area contributed by atoms with Crippen LogP contribution in [0.1, 0.15) is 30.3 Å². The van der Waals surface area contributed by atoms with Gasteiger partial charge in [-0.1, -0.05) is 24.9 Å². The highest BCUT2D eigenvalue weighted by Gasteiger charge is 2.09. The second-order valence-corrected chi connectivity index (χ2v) is 5.06. The van der Waals surface area contributed by atoms with Crippen LogP contribution >= 0.6 is 11.6 Å². The van der Waals surface area contributed by atoms with Crippen molar-refractivity contribution in [1.29, 1.82) is 0 Å². The molecule has 0 aliphatic heterocycles.